The highest BCUT2D eigenvalue weighted by Crippen LogP contribution is 2.00. The molecule has 0 spiro atoms. The Kier molecular flexibility index (Phi) is 22.1. The van der Waals surface area contributed by atoms with Crippen LogP contribution in [-0.2, 0) is 4.79 Å². The first-order chi connectivity index (χ1) is 18.7. The topological polar surface area (TPSA) is 71.1 Å². The Labute approximate surface area is 234 Å². The van der Waals surface area contributed by atoms with E-state index in [2.05, 4.69) is 95.5 Å². The van der Waals surface area contributed by atoms with Gasteiger partial charge in [-0.1, -0.05) is 79.8 Å². The maximum absolute atomic E-state index is 11.9. The van der Waals surface area contributed by atoms with Gasteiger partial charge in [-0.05, 0) is 57.1 Å². The SMILES string of the molecule is CCC=CCC=CCC=CCC=CCC=CCC=CCCC(=O)NCCSCCNC(=O)c1cccnc1. The lowest BCUT2D eigenvalue weighted by atomic mass is 10.2. The number of pyridine rings is 1. The first-order valence-corrected chi connectivity index (χ1v) is 14.8. The Morgan fingerprint density at radius 1 is 0.763 bits per heavy atom. The lowest BCUT2D eigenvalue weighted by Crippen LogP contribution is -2.27. The molecule has 0 saturated carbocycles. The van der Waals surface area contributed by atoms with Crippen LogP contribution in [-0.4, -0.2) is 41.4 Å². The molecule has 0 bridgehead atoms. The summed E-state index contributed by atoms with van der Waals surface area (Å²) in [5, 5.41) is 5.81. The Bertz CT molecular complexity index is 918. The van der Waals surface area contributed by atoms with Crippen molar-refractivity contribution in [3.05, 3.63) is 103 Å². The zero-order chi connectivity index (χ0) is 27.4. The predicted molar refractivity (Wildman–Crippen MR) is 164 cm³/mol. The van der Waals surface area contributed by atoms with E-state index >= 15 is 0 Å². The second-order valence-electron chi connectivity index (χ2n) is 8.41. The maximum atomic E-state index is 11.9. The second kappa shape index (κ2) is 25.5. The zero-order valence-electron chi connectivity index (χ0n) is 22.9. The third-order valence-electron chi connectivity index (χ3n) is 5.16. The number of nitrogens with one attached hydrogen (secondary N) is 2. The lowest BCUT2D eigenvalue weighted by molar-refractivity contribution is -0.120. The molecule has 0 aliphatic carbocycles. The summed E-state index contributed by atoms with van der Waals surface area (Å²) in [5.74, 6) is 1.60. The van der Waals surface area contributed by atoms with Crippen LogP contribution in [0.1, 0.15) is 68.6 Å². The van der Waals surface area contributed by atoms with Crippen molar-refractivity contribution in [2.24, 2.45) is 0 Å². The van der Waals surface area contributed by atoms with Crippen molar-refractivity contribution in [2.75, 3.05) is 24.6 Å². The van der Waals surface area contributed by atoms with Gasteiger partial charge in [0.05, 0.1) is 5.56 Å². The number of carbonyl (C=O) groups excluding carboxylic acids is 2. The monoisotopic (exact) mass is 535 g/mol. The van der Waals surface area contributed by atoms with Crippen LogP contribution in [0, 0.1) is 0 Å². The van der Waals surface area contributed by atoms with E-state index in [-0.39, 0.29) is 11.8 Å². The number of amides is 2. The minimum Gasteiger partial charge on any atom is -0.355 e. The van der Waals surface area contributed by atoms with Gasteiger partial charge < -0.3 is 10.6 Å². The van der Waals surface area contributed by atoms with Crippen LogP contribution in [0.5, 0.6) is 0 Å². The number of hydrogen-bond donors (Lipinski definition) is 2. The van der Waals surface area contributed by atoms with Gasteiger partial charge in [0, 0.05) is 43.4 Å². The minimum atomic E-state index is -0.110. The lowest BCUT2D eigenvalue weighted by Gasteiger charge is -2.06. The fourth-order valence-electron chi connectivity index (χ4n) is 3.14. The second-order valence-corrected chi connectivity index (χ2v) is 9.64. The van der Waals surface area contributed by atoms with E-state index < -0.39 is 0 Å². The minimum absolute atomic E-state index is 0.0787. The number of hydrogen-bond acceptors (Lipinski definition) is 4. The molecule has 206 valence electrons. The van der Waals surface area contributed by atoms with Gasteiger partial charge >= 0.3 is 0 Å². The molecule has 0 saturated heterocycles. The molecule has 0 aliphatic heterocycles. The molecule has 2 N–H and O–H groups in total. The highest BCUT2D eigenvalue weighted by Gasteiger charge is 2.03. The quantitative estimate of drug-likeness (QED) is 0.130. The number of rotatable bonds is 21. The predicted octanol–water partition coefficient (Wildman–Crippen LogP) is 7.14. The average molecular weight is 536 g/mol. The van der Waals surface area contributed by atoms with Crippen molar-refractivity contribution in [3.63, 3.8) is 0 Å². The molecule has 0 aromatic carbocycles. The first kappa shape index (κ1) is 32.9. The molecule has 1 aromatic heterocycles. The number of thioether (sulfide) groups is 1. The van der Waals surface area contributed by atoms with Crippen LogP contribution in [0.4, 0.5) is 0 Å². The summed E-state index contributed by atoms with van der Waals surface area (Å²) < 4.78 is 0. The molecule has 0 atom stereocenters. The summed E-state index contributed by atoms with van der Waals surface area (Å²) in [6.07, 6.45) is 36.5. The van der Waals surface area contributed by atoms with Crippen LogP contribution in [0.25, 0.3) is 0 Å². The highest BCUT2D eigenvalue weighted by molar-refractivity contribution is 7.99. The van der Waals surface area contributed by atoms with Crippen LogP contribution in [0.2, 0.25) is 0 Å². The highest BCUT2D eigenvalue weighted by atomic mass is 32.2. The van der Waals surface area contributed by atoms with Gasteiger partial charge in [-0.3, -0.25) is 14.6 Å². The van der Waals surface area contributed by atoms with E-state index in [0.717, 1.165) is 56.5 Å². The first-order valence-electron chi connectivity index (χ1n) is 13.7. The van der Waals surface area contributed by atoms with Gasteiger partial charge in [-0.15, -0.1) is 0 Å². The van der Waals surface area contributed by atoms with E-state index in [9.17, 15) is 9.59 Å². The Morgan fingerprint density at radius 3 is 1.82 bits per heavy atom. The summed E-state index contributed by atoms with van der Waals surface area (Å²) in [6, 6.07) is 3.49. The van der Waals surface area contributed by atoms with Crippen molar-refractivity contribution in [2.45, 2.75) is 58.3 Å². The molecule has 38 heavy (non-hydrogen) atoms. The van der Waals surface area contributed by atoms with E-state index in [1.165, 1.54) is 0 Å². The normalized spacial score (nSPS) is 12.2. The van der Waals surface area contributed by atoms with Gasteiger partial charge in [0.1, 0.15) is 0 Å². The molecule has 0 aliphatic rings. The van der Waals surface area contributed by atoms with Crippen LogP contribution in [0.15, 0.2) is 97.4 Å². The van der Waals surface area contributed by atoms with Gasteiger partial charge in [-0.2, -0.15) is 11.8 Å². The molecule has 2 amide bonds. The Morgan fingerprint density at radius 2 is 1.29 bits per heavy atom. The number of carbonyl (C=O) groups is 2. The summed E-state index contributed by atoms with van der Waals surface area (Å²) >= 11 is 1.71. The van der Waals surface area contributed by atoms with Crippen LogP contribution < -0.4 is 10.6 Å². The molecule has 1 heterocycles. The van der Waals surface area contributed by atoms with E-state index in [1.807, 2.05) is 0 Å². The molecular formula is C32H45N3O2S. The molecular weight excluding hydrogens is 490 g/mol. The standard InChI is InChI=1S/C32H45N3O2S/c1-2-3-4-5-6-7-8-9-10-11-12-13-14-15-16-17-18-19-20-23-31(36)34-25-27-38-28-26-35-32(37)30-22-21-24-33-29-30/h3-4,6-7,9-10,12-13,15-16,18-19,21-22,24,29H,2,5,8,11,14,17,20,23,25-28H2,1H3,(H,34,36)(H,35,37). The number of allylic oxidation sites excluding steroid dienone is 12. The third kappa shape index (κ3) is 21.0. The van der Waals surface area contributed by atoms with Crippen molar-refractivity contribution in [3.8, 4) is 0 Å². The van der Waals surface area contributed by atoms with E-state index in [1.54, 1.807) is 36.3 Å². The fourth-order valence-corrected chi connectivity index (χ4v) is 3.84. The largest absolute Gasteiger partial charge is 0.355 e. The van der Waals surface area contributed by atoms with Crippen molar-refractivity contribution in [1.82, 2.24) is 15.6 Å². The van der Waals surface area contributed by atoms with Crippen molar-refractivity contribution in [1.29, 1.82) is 0 Å². The van der Waals surface area contributed by atoms with Gasteiger partial charge in [-0.25, -0.2) is 0 Å². The van der Waals surface area contributed by atoms with Gasteiger partial charge in [0.25, 0.3) is 5.91 Å². The van der Waals surface area contributed by atoms with Crippen LogP contribution >= 0.6 is 11.8 Å². The molecule has 1 aromatic rings. The Hall–Kier alpha value is -3.12. The van der Waals surface area contributed by atoms with Crippen LogP contribution in [0.3, 0.4) is 0 Å². The molecule has 0 radical (unpaired) electrons. The number of aromatic nitrogens is 1. The van der Waals surface area contributed by atoms with Gasteiger partial charge in [0.2, 0.25) is 5.91 Å². The summed E-state index contributed by atoms with van der Waals surface area (Å²) in [5.41, 5.74) is 0.566. The molecule has 5 nitrogen and oxygen atoms in total. The third-order valence-corrected chi connectivity index (χ3v) is 6.14. The fraction of sp³-hybridized carbons (Fsp3) is 0.406. The molecule has 6 heteroatoms. The smallest absolute Gasteiger partial charge is 0.252 e. The zero-order valence-corrected chi connectivity index (χ0v) is 23.7. The average Bonchev–Trinajstić information content (AvgIpc) is 2.94. The molecule has 1 rings (SSSR count). The molecule has 0 unspecified atom stereocenters. The Balaban J connectivity index is 1.91. The van der Waals surface area contributed by atoms with Crippen molar-refractivity contribution >= 4 is 23.6 Å². The summed E-state index contributed by atoms with van der Waals surface area (Å²) in [6.45, 7) is 3.39. The van der Waals surface area contributed by atoms with Crippen molar-refractivity contribution < 1.29 is 9.59 Å². The summed E-state index contributed by atoms with van der Waals surface area (Å²) in [4.78, 5) is 27.7. The molecule has 0 fully saturated rings. The van der Waals surface area contributed by atoms with Gasteiger partial charge in [0.15, 0.2) is 0 Å². The van der Waals surface area contributed by atoms with E-state index in [4.69, 9.17) is 0 Å². The number of nitrogens with zero attached hydrogens (tertiary/aromatic N) is 1. The maximum Gasteiger partial charge on any atom is 0.252 e. The van der Waals surface area contributed by atoms with E-state index in [0.29, 0.717) is 25.1 Å². The summed E-state index contributed by atoms with van der Waals surface area (Å²) in [7, 11) is 0.